The summed E-state index contributed by atoms with van der Waals surface area (Å²) in [4.78, 5) is 4.76. The highest BCUT2D eigenvalue weighted by molar-refractivity contribution is 5.53. The second-order valence-corrected chi connectivity index (χ2v) is 7.85. The molecular weight excluding hydrogens is 336 g/mol. The summed E-state index contributed by atoms with van der Waals surface area (Å²) < 4.78 is 28.6. The molecular formula is C19H23F2N5. The molecule has 3 unspecified atom stereocenters. The van der Waals surface area contributed by atoms with Crippen molar-refractivity contribution >= 4 is 11.6 Å². The van der Waals surface area contributed by atoms with Crippen LogP contribution in [0.1, 0.15) is 37.4 Å². The van der Waals surface area contributed by atoms with E-state index in [1.54, 1.807) is 0 Å². The van der Waals surface area contributed by atoms with E-state index in [-0.39, 0.29) is 0 Å². The van der Waals surface area contributed by atoms with Crippen LogP contribution in [0.15, 0.2) is 18.2 Å². The summed E-state index contributed by atoms with van der Waals surface area (Å²) in [5.41, 5.74) is 0.463. The molecule has 2 N–H and O–H groups in total. The number of fused-ring (bicyclic) bond motifs is 3. The van der Waals surface area contributed by atoms with Crippen LogP contribution in [-0.4, -0.2) is 27.9 Å². The molecule has 5 rings (SSSR count). The zero-order valence-corrected chi connectivity index (χ0v) is 14.6. The Hall–Kier alpha value is -2.02. The first-order chi connectivity index (χ1) is 12.7. The van der Waals surface area contributed by atoms with Crippen LogP contribution in [0.5, 0.6) is 0 Å². The Morgan fingerprint density at radius 3 is 2.65 bits per heavy atom. The Morgan fingerprint density at radius 1 is 1.08 bits per heavy atom. The van der Waals surface area contributed by atoms with Crippen LogP contribution in [0.4, 0.5) is 20.4 Å². The summed E-state index contributed by atoms with van der Waals surface area (Å²) in [6.07, 6.45) is 4.91. The Bertz CT molecular complexity index is 804. The third-order valence-electron chi connectivity index (χ3n) is 6.37. The summed E-state index contributed by atoms with van der Waals surface area (Å²) in [5.74, 6) is 2.43. The van der Waals surface area contributed by atoms with Crippen molar-refractivity contribution in [3.8, 4) is 0 Å². The van der Waals surface area contributed by atoms with Gasteiger partial charge in [-0.05, 0) is 68.7 Å². The number of nitrogens with one attached hydrogen (secondary N) is 2. The van der Waals surface area contributed by atoms with Gasteiger partial charge in [-0.25, -0.2) is 13.5 Å². The zero-order valence-electron chi connectivity index (χ0n) is 14.6. The molecule has 1 aromatic carbocycles. The molecule has 26 heavy (non-hydrogen) atoms. The lowest BCUT2D eigenvalue weighted by Crippen LogP contribution is -2.42. The van der Waals surface area contributed by atoms with E-state index in [1.807, 2.05) is 4.68 Å². The van der Waals surface area contributed by atoms with Crippen LogP contribution >= 0.6 is 0 Å². The standard InChI is InChI=1S/C19H23F2N5/c20-15-6-5-13(8-16(15)21)23-19-24-18-14(2-1-7-26(18)25-19)17-11-3-4-12(17)10-22-9-11/h5-6,8,11-12,14,17,22H,1-4,7,9-10H2,(H,23,25). The number of piperidine rings is 1. The Morgan fingerprint density at radius 2 is 1.88 bits per heavy atom. The number of benzene rings is 1. The Labute approximate surface area is 151 Å². The number of hydrogen-bond acceptors (Lipinski definition) is 4. The number of aryl methyl sites for hydroxylation is 1. The van der Waals surface area contributed by atoms with Gasteiger partial charge in [0.05, 0.1) is 0 Å². The third-order valence-corrected chi connectivity index (χ3v) is 6.37. The average Bonchev–Trinajstić information content (AvgIpc) is 3.15. The van der Waals surface area contributed by atoms with Crippen molar-refractivity contribution in [2.24, 2.45) is 17.8 Å². The molecule has 7 heteroatoms. The number of hydrogen-bond donors (Lipinski definition) is 2. The summed E-state index contributed by atoms with van der Waals surface area (Å²) in [6, 6.07) is 3.76. The predicted octanol–water partition coefficient (Wildman–Crippen LogP) is 3.42. The van der Waals surface area contributed by atoms with Crippen molar-refractivity contribution < 1.29 is 8.78 Å². The van der Waals surface area contributed by atoms with Gasteiger partial charge in [-0.15, -0.1) is 5.10 Å². The molecule has 2 bridgehead atoms. The van der Waals surface area contributed by atoms with E-state index in [1.165, 1.54) is 25.3 Å². The second-order valence-electron chi connectivity index (χ2n) is 7.85. The average molecular weight is 359 g/mol. The number of nitrogens with zero attached hydrogens (tertiary/aromatic N) is 3. The van der Waals surface area contributed by atoms with Gasteiger partial charge in [0.25, 0.3) is 0 Å². The monoisotopic (exact) mass is 359 g/mol. The Kier molecular flexibility index (Phi) is 3.92. The summed E-state index contributed by atoms with van der Waals surface area (Å²) in [5, 5.41) is 11.2. The molecule has 2 fully saturated rings. The van der Waals surface area contributed by atoms with Gasteiger partial charge >= 0.3 is 0 Å². The van der Waals surface area contributed by atoms with Gasteiger partial charge in [-0.1, -0.05) is 0 Å². The fourth-order valence-electron chi connectivity index (χ4n) is 5.29. The first kappa shape index (κ1) is 16.2. The first-order valence-corrected chi connectivity index (χ1v) is 9.56. The maximum Gasteiger partial charge on any atom is 0.246 e. The normalized spacial score (nSPS) is 30.2. The van der Waals surface area contributed by atoms with E-state index in [0.29, 0.717) is 23.5 Å². The molecule has 2 aliphatic heterocycles. The predicted molar refractivity (Wildman–Crippen MR) is 94.2 cm³/mol. The summed E-state index contributed by atoms with van der Waals surface area (Å²) in [7, 11) is 0. The quantitative estimate of drug-likeness (QED) is 0.882. The summed E-state index contributed by atoms with van der Waals surface area (Å²) >= 11 is 0. The SMILES string of the molecule is Fc1ccc(Nc2nc3n(n2)CCCC3C2C3CCC2CNC3)cc1F. The maximum atomic E-state index is 13.4. The van der Waals surface area contributed by atoms with E-state index < -0.39 is 11.6 Å². The minimum atomic E-state index is -0.872. The molecule has 3 atom stereocenters. The topological polar surface area (TPSA) is 54.8 Å². The van der Waals surface area contributed by atoms with E-state index in [0.717, 1.165) is 55.8 Å². The van der Waals surface area contributed by atoms with Gasteiger partial charge in [0, 0.05) is 24.2 Å². The summed E-state index contributed by atoms with van der Waals surface area (Å²) in [6.45, 7) is 3.11. The number of rotatable bonds is 3. The minimum Gasteiger partial charge on any atom is -0.323 e. The van der Waals surface area contributed by atoms with Gasteiger partial charge in [-0.2, -0.15) is 4.98 Å². The van der Waals surface area contributed by atoms with Gasteiger partial charge in [0.1, 0.15) is 5.82 Å². The van der Waals surface area contributed by atoms with Gasteiger partial charge in [-0.3, -0.25) is 0 Å². The third kappa shape index (κ3) is 2.69. The highest BCUT2D eigenvalue weighted by atomic mass is 19.2. The largest absolute Gasteiger partial charge is 0.323 e. The van der Waals surface area contributed by atoms with E-state index in [9.17, 15) is 8.78 Å². The highest BCUT2D eigenvalue weighted by Crippen LogP contribution is 2.49. The van der Waals surface area contributed by atoms with Crippen molar-refractivity contribution in [2.75, 3.05) is 18.4 Å². The molecule has 138 valence electrons. The van der Waals surface area contributed by atoms with Crippen molar-refractivity contribution in [3.05, 3.63) is 35.7 Å². The van der Waals surface area contributed by atoms with Crippen molar-refractivity contribution in [1.82, 2.24) is 20.1 Å². The van der Waals surface area contributed by atoms with Gasteiger partial charge in [0.15, 0.2) is 11.6 Å². The number of halogens is 2. The lowest BCUT2D eigenvalue weighted by molar-refractivity contribution is 0.177. The zero-order chi connectivity index (χ0) is 17.7. The molecule has 3 heterocycles. The fourth-order valence-corrected chi connectivity index (χ4v) is 5.29. The molecule has 5 nitrogen and oxygen atoms in total. The highest BCUT2D eigenvalue weighted by Gasteiger charge is 2.45. The minimum absolute atomic E-state index is 0.455. The maximum absolute atomic E-state index is 13.4. The molecule has 2 aromatic rings. The molecule has 0 radical (unpaired) electrons. The lowest BCUT2D eigenvalue weighted by atomic mass is 9.73. The van der Waals surface area contributed by atoms with Gasteiger partial charge in [0.2, 0.25) is 5.95 Å². The number of anilines is 2. The fraction of sp³-hybridized carbons (Fsp3) is 0.579. The van der Waals surface area contributed by atoms with E-state index in [2.05, 4.69) is 15.7 Å². The van der Waals surface area contributed by atoms with E-state index >= 15 is 0 Å². The molecule has 3 aliphatic rings. The number of aromatic nitrogens is 3. The van der Waals surface area contributed by atoms with Crippen molar-refractivity contribution in [3.63, 3.8) is 0 Å². The van der Waals surface area contributed by atoms with Crippen LogP contribution in [0, 0.1) is 29.4 Å². The molecule has 1 aromatic heterocycles. The smallest absolute Gasteiger partial charge is 0.246 e. The first-order valence-electron chi connectivity index (χ1n) is 9.56. The van der Waals surface area contributed by atoms with Crippen molar-refractivity contribution in [1.29, 1.82) is 0 Å². The molecule has 1 saturated carbocycles. The second kappa shape index (κ2) is 6.30. The Balaban J connectivity index is 1.42. The molecule has 1 saturated heterocycles. The van der Waals surface area contributed by atoms with Crippen LogP contribution < -0.4 is 10.6 Å². The van der Waals surface area contributed by atoms with Crippen LogP contribution in [0.3, 0.4) is 0 Å². The molecule has 0 amide bonds. The van der Waals surface area contributed by atoms with Crippen LogP contribution in [-0.2, 0) is 6.54 Å². The van der Waals surface area contributed by atoms with Crippen LogP contribution in [0.2, 0.25) is 0 Å². The van der Waals surface area contributed by atoms with E-state index in [4.69, 9.17) is 4.98 Å². The lowest BCUT2D eigenvalue weighted by Gasteiger charge is -2.38. The van der Waals surface area contributed by atoms with Gasteiger partial charge < -0.3 is 10.6 Å². The molecule has 0 spiro atoms. The molecule has 1 aliphatic carbocycles. The van der Waals surface area contributed by atoms with Crippen LogP contribution in [0.25, 0.3) is 0 Å². The van der Waals surface area contributed by atoms with Crippen molar-refractivity contribution in [2.45, 2.75) is 38.1 Å².